The molecule has 4 heteroatoms. The van der Waals surface area contributed by atoms with Gasteiger partial charge < -0.3 is 15.0 Å². The molecule has 2 aliphatic rings. The number of benzene rings is 2. The lowest BCUT2D eigenvalue weighted by molar-refractivity contribution is -0.744. The summed E-state index contributed by atoms with van der Waals surface area (Å²) in [5.41, 5.74) is 4.93. The molecular formula is C25H29N2O2+. The average Bonchev–Trinajstić information content (AvgIpc) is 3.08. The molecule has 0 bridgehead atoms. The molecule has 2 atom stereocenters. The van der Waals surface area contributed by atoms with Crippen molar-refractivity contribution in [1.82, 2.24) is 4.98 Å². The van der Waals surface area contributed by atoms with Gasteiger partial charge in [-0.25, -0.2) is 0 Å². The molecule has 0 saturated heterocycles. The van der Waals surface area contributed by atoms with Gasteiger partial charge >= 0.3 is 0 Å². The third kappa shape index (κ3) is 2.98. The third-order valence-electron chi connectivity index (χ3n) is 6.84. The maximum atomic E-state index is 12.8. The quantitative estimate of drug-likeness (QED) is 0.699. The minimum absolute atomic E-state index is 0.0212. The van der Waals surface area contributed by atoms with Crippen LogP contribution < -0.4 is 10.1 Å². The first kappa shape index (κ1) is 18.4. The van der Waals surface area contributed by atoms with Crippen molar-refractivity contribution in [1.29, 1.82) is 0 Å². The van der Waals surface area contributed by atoms with Crippen LogP contribution in [0.1, 0.15) is 55.8 Å². The number of ketones is 1. The Morgan fingerprint density at radius 3 is 2.55 bits per heavy atom. The van der Waals surface area contributed by atoms with Crippen LogP contribution in [0.25, 0.3) is 10.9 Å². The minimum atomic E-state index is -0.184. The van der Waals surface area contributed by atoms with Crippen LogP contribution in [0, 0.1) is 5.41 Å². The lowest BCUT2D eigenvalue weighted by atomic mass is 9.63. The van der Waals surface area contributed by atoms with Crippen molar-refractivity contribution in [2.24, 2.45) is 5.41 Å². The van der Waals surface area contributed by atoms with Gasteiger partial charge in [-0.15, -0.1) is 0 Å². The number of quaternary nitrogens is 1. The summed E-state index contributed by atoms with van der Waals surface area (Å²) in [7, 11) is 1.70. The van der Waals surface area contributed by atoms with Gasteiger partial charge in [-0.05, 0) is 29.2 Å². The Hall–Kier alpha value is -2.59. The highest BCUT2D eigenvalue weighted by Crippen LogP contribution is 2.48. The van der Waals surface area contributed by atoms with Crippen LogP contribution in [0.5, 0.6) is 5.75 Å². The number of carbonyl (C=O) groups excluding carboxylic acids is 1. The normalized spacial score (nSPS) is 25.9. The van der Waals surface area contributed by atoms with E-state index < -0.39 is 0 Å². The molecule has 3 aromatic rings. The third-order valence-corrected chi connectivity index (χ3v) is 6.84. The van der Waals surface area contributed by atoms with Crippen LogP contribution in [0.2, 0.25) is 0 Å². The highest BCUT2D eigenvalue weighted by atomic mass is 16.5. The van der Waals surface area contributed by atoms with E-state index in [1.807, 2.05) is 12.1 Å². The van der Waals surface area contributed by atoms with Crippen LogP contribution in [-0.4, -0.2) is 24.4 Å². The Labute approximate surface area is 171 Å². The average molecular weight is 390 g/mol. The summed E-state index contributed by atoms with van der Waals surface area (Å²) in [6, 6.07) is 17.0. The molecule has 0 radical (unpaired) electrons. The lowest BCUT2D eigenvalue weighted by Gasteiger charge is -2.45. The van der Waals surface area contributed by atoms with Crippen LogP contribution in [0.15, 0.2) is 48.5 Å². The fraction of sp³-hybridized carbons (Fsp3) is 0.400. The number of Topliss-reactive ketones (excluding diaryl/α,β-unsaturated/α-hetero) is 1. The molecule has 1 aromatic heterocycles. The lowest BCUT2D eigenvalue weighted by Crippen LogP contribution is -2.98. The largest absolute Gasteiger partial charge is 0.497 e. The van der Waals surface area contributed by atoms with Crippen molar-refractivity contribution in [3.63, 3.8) is 0 Å². The van der Waals surface area contributed by atoms with E-state index in [4.69, 9.17) is 4.74 Å². The van der Waals surface area contributed by atoms with E-state index in [1.54, 1.807) is 7.11 Å². The molecule has 0 unspecified atom stereocenters. The molecule has 1 saturated carbocycles. The van der Waals surface area contributed by atoms with Gasteiger partial charge in [0.05, 0.1) is 31.7 Å². The fourth-order valence-corrected chi connectivity index (χ4v) is 5.87. The van der Waals surface area contributed by atoms with Crippen LogP contribution in [0.4, 0.5) is 0 Å². The second-order valence-corrected chi connectivity index (χ2v) is 9.61. The van der Waals surface area contributed by atoms with E-state index >= 15 is 0 Å². The second-order valence-electron chi connectivity index (χ2n) is 9.61. The van der Waals surface area contributed by atoms with Gasteiger partial charge in [0.1, 0.15) is 17.1 Å². The number of nitrogens with one attached hydrogen (secondary N) is 1. The van der Waals surface area contributed by atoms with E-state index in [2.05, 4.69) is 60.5 Å². The van der Waals surface area contributed by atoms with Crippen molar-refractivity contribution in [2.75, 3.05) is 13.7 Å². The number of H-pyrrole nitrogens is 1. The number of aromatic nitrogens is 1. The predicted octanol–water partition coefficient (Wildman–Crippen LogP) is 3.86. The highest BCUT2D eigenvalue weighted by molar-refractivity contribution is 5.88. The van der Waals surface area contributed by atoms with Crippen LogP contribution >= 0.6 is 0 Å². The van der Waals surface area contributed by atoms with E-state index in [0.29, 0.717) is 18.6 Å². The summed E-state index contributed by atoms with van der Waals surface area (Å²) in [6.45, 7) is 5.42. The smallest absolute Gasteiger partial charge is 0.144 e. The van der Waals surface area contributed by atoms with Gasteiger partial charge in [0.2, 0.25) is 0 Å². The number of fused-ring (bicyclic) bond motifs is 4. The summed E-state index contributed by atoms with van der Waals surface area (Å²) in [5.74, 6) is 1.55. The summed E-state index contributed by atoms with van der Waals surface area (Å²) in [5, 5.41) is 3.73. The Morgan fingerprint density at radius 2 is 1.83 bits per heavy atom. The SMILES string of the molecule is COc1ccc([C@H]2C[NH2+][C@@]3(CC(=O)CC(C)(C)C3)c3[nH]c4ccccc4c32)cc1. The van der Waals surface area contributed by atoms with Crippen LogP contribution in [-0.2, 0) is 10.3 Å². The van der Waals surface area contributed by atoms with Gasteiger partial charge in [-0.1, -0.05) is 44.2 Å². The Kier molecular flexibility index (Phi) is 4.11. The highest BCUT2D eigenvalue weighted by Gasteiger charge is 2.53. The molecule has 0 amide bonds. The van der Waals surface area contributed by atoms with Crippen molar-refractivity contribution in [2.45, 2.75) is 44.6 Å². The van der Waals surface area contributed by atoms with Crippen molar-refractivity contribution < 1.29 is 14.8 Å². The molecule has 150 valence electrons. The molecule has 2 aromatic carbocycles. The van der Waals surface area contributed by atoms with Gasteiger partial charge in [-0.2, -0.15) is 0 Å². The number of hydrogen-bond donors (Lipinski definition) is 2. The Balaban J connectivity index is 1.69. The first-order valence-electron chi connectivity index (χ1n) is 10.5. The van der Waals surface area contributed by atoms with E-state index in [0.717, 1.165) is 18.7 Å². The number of hydrogen-bond acceptors (Lipinski definition) is 2. The number of nitrogens with two attached hydrogens (primary N) is 1. The number of para-hydroxylation sites is 1. The molecule has 3 N–H and O–H groups in total. The summed E-state index contributed by atoms with van der Waals surface area (Å²) in [6.07, 6.45) is 2.31. The van der Waals surface area contributed by atoms with Crippen molar-refractivity contribution in [3.8, 4) is 5.75 Å². The van der Waals surface area contributed by atoms with Crippen molar-refractivity contribution in [3.05, 3.63) is 65.4 Å². The molecule has 1 fully saturated rings. The first-order valence-corrected chi connectivity index (χ1v) is 10.5. The topological polar surface area (TPSA) is 58.7 Å². The second kappa shape index (κ2) is 6.46. The molecular weight excluding hydrogens is 360 g/mol. The molecule has 1 aliphatic carbocycles. The summed E-state index contributed by atoms with van der Waals surface area (Å²) < 4.78 is 5.35. The zero-order chi connectivity index (χ0) is 20.2. The van der Waals surface area contributed by atoms with Gasteiger partial charge in [0.25, 0.3) is 0 Å². The monoisotopic (exact) mass is 389 g/mol. The standard InChI is InChI=1S/C25H28N2O2/c1-24(2)12-17(28)13-25(15-24)23-22(19-6-4-5-7-21(19)27-23)20(14-26-25)16-8-10-18(29-3)11-9-16/h4-11,20,26-27H,12-15H2,1-3H3/p+1/t20-,25-/m1/s1. The Bertz CT molecular complexity index is 1080. The summed E-state index contributed by atoms with van der Waals surface area (Å²) >= 11 is 0. The minimum Gasteiger partial charge on any atom is -0.497 e. The predicted molar refractivity (Wildman–Crippen MR) is 114 cm³/mol. The number of carbonyl (C=O) groups is 1. The molecule has 1 spiro atoms. The fourth-order valence-electron chi connectivity index (χ4n) is 5.87. The first-order chi connectivity index (χ1) is 13.9. The summed E-state index contributed by atoms with van der Waals surface area (Å²) in [4.78, 5) is 16.5. The molecule has 1 aliphatic heterocycles. The van der Waals surface area contributed by atoms with E-state index in [9.17, 15) is 4.79 Å². The zero-order valence-electron chi connectivity index (χ0n) is 17.4. The van der Waals surface area contributed by atoms with Crippen LogP contribution in [0.3, 0.4) is 0 Å². The molecule has 2 heterocycles. The zero-order valence-corrected chi connectivity index (χ0v) is 17.4. The van der Waals surface area contributed by atoms with Gasteiger partial charge in [-0.3, -0.25) is 4.79 Å². The van der Waals surface area contributed by atoms with Gasteiger partial charge in [0.15, 0.2) is 0 Å². The van der Waals surface area contributed by atoms with Crippen molar-refractivity contribution >= 4 is 16.7 Å². The number of methoxy groups -OCH3 is 1. The molecule has 29 heavy (non-hydrogen) atoms. The number of aromatic amines is 1. The van der Waals surface area contributed by atoms with E-state index in [1.165, 1.54) is 27.7 Å². The number of ether oxygens (including phenoxy) is 1. The molecule has 5 rings (SSSR count). The number of rotatable bonds is 2. The maximum absolute atomic E-state index is 12.8. The van der Waals surface area contributed by atoms with Gasteiger partial charge in [0, 0.05) is 29.3 Å². The molecule has 4 nitrogen and oxygen atoms in total. The maximum Gasteiger partial charge on any atom is 0.144 e. The van der Waals surface area contributed by atoms with E-state index in [-0.39, 0.29) is 16.9 Å². The Morgan fingerprint density at radius 1 is 1.07 bits per heavy atom.